The fourth-order valence-electron chi connectivity index (χ4n) is 2.00. The second-order valence-corrected chi connectivity index (χ2v) is 6.18. The zero-order valence-electron chi connectivity index (χ0n) is 12.8. The summed E-state index contributed by atoms with van der Waals surface area (Å²) < 4.78 is 0. The third kappa shape index (κ3) is 5.37. The number of halogens is 2. The molecule has 2 unspecified atom stereocenters. The van der Waals surface area contributed by atoms with E-state index in [4.69, 9.17) is 23.2 Å². The van der Waals surface area contributed by atoms with Gasteiger partial charge in [0.25, 0.3) is 0 Å². The highest BCUT2D eigenvalue weighted by molar-refractivity contribution is 6.37. The molecule has 0 aliphatic heterocycles. The van der Waals surface area contributed by atoms with Crippen LogP contribution in [0.4, 0.5) is 11.6 Å². The van der Waals surface area contributed by atoms with Crippen LogP contribution >= 0.6 is 23.2 Å². The van der Waals surface area contributed by atoms with Gasteiger partial charge < -0.3 is 10.6 Å². The molecule has 0 bridgehead atoms. The van der Waals surface area contributed by atoms with Crippen molar-refractivity contribution in [2.45, 2.75) is 53.0 Å². The van der Waals surface area contributed by atoms with Crippen molar-refractivity contribution in [3.63, 3.8) is 0 Å². The molecule has 0 spiro atoms. The Balaban J connectivity index is 2.78. The fourth-order valence-corrected chi connectivity index (χ4v) is 2.48. The van der Waals surface area contributed by atoms with Crippen molar-refractivity contribution < 1.29 is 0 Å². The zero-order chi connectivity index (χ0) is 15.1. The zero-order valence-corrected chi connectivity index (χ0v) is 14.3. The number of hydrogen-bond donors (Lipinski definition) is 2. The van der Waals surface area contributed by atoms with E-state index < -0.39 is 0 Å². The third-order valence-electron chi connectivity index (χ3n) is 3.31. The van der Waals surface area contributed by atoms with Gasteiger partial charge in [-0.15, -0.1) is 0 Å². The lowest BCUT2D eigenvalue weighted by atomic mass is 10.0. The van der Waals surface area contributed by atoms with Crippen LogP contribution in [0.1, 0.15) is 47.0 Å². The maximum absolute atomic E-state index is 6.21. The quantitative estimate of drug-likeness (QED) is 0.669. The van der Waals surface area contributed by atoms with Crippen LogP contribution in [-0.4, -0.2) is 17.6 Å². The van der Waals surface area contributed by atoms with E-state index in [1.54, 1.807) is 6.07 Å². The molecule has 1 rings (SSSR count). The molecule has 20 heavy (non-hydrogen) atoms. The molecule has 1 aromatic heterocycles. The van der Waals surface area contributed by atoms with Crippen LogP contribution in [0.15, 0.2) is 6.07 Å². The Bertz CT molecular complexity index is 424. The summed E-state index contributed by atoms with van der Waals surface area (Å²) >= 11 is 12.4. The summed E-state index contributed by atoms with van der Waals surface area (Å²) in [4.78, 5) is 4.50. The largest absolute Gasteiger partial charge is 0.369 e. The number of pyridine rings is 1. The Morgan fingerprint density at radius 1 is 1.15 bits per heavy atom. The van der Waals surface area contributed by atoms with E-state index in [0.717, 1.165) is 19.4 Å². The normalized spacial score (nSPS) is 13.9. The van der Waals surface area contributed by atoms with E-state index in [0.29, 0.717) is 33.6 Å². The van der Waals surface area contributed by atoms with E-state index >= 15 is 0 Å². The van der Waals surface area contributed by atoms with E-state index in [1.807, 2.05) is 0 Å². The molecule has 2 N–H and O–H groups in total. The molecule has 114 valence electrons. The van der Waals surface area contributed by atoms with Crippen LogP contribution in [0.3, 0.4) is 0 Å². The van der Waals surface area contributed by atoms with Crippen LogP contribution in [0.25, 0.3) is 0 Å². The topological polar surface area (TPSA) is 37.0 Å². The van der Waals surface area contributed by atoms with Gasteiger partial charge in [0.1, 0.15) is 11.6 Å². The number of aromatic nitrogens is 1. The average Bonchev–Trinajstić information content (AvgIpc) is 2.40. The predicted molar refractivity (Wildman–Crippen MR) is 90.2 cm³/mol. The van der Waals surface area contributed by atoms with Crippen molar-refractivity contribution in [3.05, 3.63) is 16.1 Å². The molecule has 3 nitrogen and oxygen atoms in total. The van der Waals surface area contributed by atoms with E-state index in [-0.39, 0.29) is 0 Å². The molecule has 0 amide bonds. The Hall–Kier alpha value is -0.670. The summed E-state index contributed by atoms with van der Waals surface area (Å²) in [7, 11) is 0. The summed E-state index contributed by atoms with van der Waals surface area (Å²) in [6.07, 6.45) is 3.29. The minimum Gasteiger partial charge on any atom is -0.369 e. The standard InChI is InChI=1S/C15H25Cl2N3/c1-5-7-18-14-12(16)9-13(17)15(20-14)19-11(4)8-10(3)6-2/h9-11H,5-8H2,1-4H3,(H2,18,19,20). The molecule has 5 heteroatoms. The van der Waals surface area contributed by atoms with Crippen LogP contribution < -0.4 is 10.6 Å². The van der Waals surface area contributed by atoms with Gasteiger partial charge in [-0.3, -0.25) is 0 Å². The number of rotatable bonds is 8. The number of hydrogen-bond acceptors (Lipinski definition) is 3. The molecule has 0 fully saturated rings. The maximum Gasteiger partial charge on any atom is 0.147 e. The molecule has 1 heterocycles. The van der Waals surface area contributed by atoms with E-state index in [2.05, 4.69) is 43.3 Å². The molecule has 0 aromatic carbocycles. The predicted octanol–water partition coefficient (Wildman–Crippen LogP) is 5.45. The number of nitrogens with one attached hydrogen (secondary N) is 2. The number of anilines is 2. The molecule has 0 saturated heterocycles. The van der Waals surface area contributed by atoms with Crippen molar-refractivity contribution in [2.24, 2.45) is 5.92 Å². The lowest BCUT2D eigenvalue weighted by molar-refractivity contribution is 0.483. The van der Waals surface area contributed by atoms with Gasteiger partial charge in [-0.2, -0.15) is 0 Å². The Morgan fingerprint density at radius 3 is 2.40 bits per heavy atom. The van der Waals surface area contributed by atoms with Gasteiger partial charge in [-0.25, -0.2) is 4.98 Å². The summed E-state index contributed by atoms with van der Waals surface area (Å²) in [5.41, 5.74) is 0. The minimum atomic E-state index is 0.329. The highest BCUT2D eigenvalue weighted by Gasteiger charge is 2.13. The van der Waals surface area contributed by atoms with Gasteiger partial charge in [0.05, 0.1) is 10.0 Å². The van der Waals surface area contributed by atoms with Crippen molar-refractivity contribution >= 4 is 34.8 Å². The molecular formula is C15H25Cl2N3. The summed E-state index contributed by atoms with van der Waals surface area (Å²) in [6, 6.07) is 2.07. The fraction of sp³-hybridized carbons (Fsp3) is 0.667. The van der Waals surface area contributed by atoms with Crippen LogP contribution in [-0.2, 0) is 0 Å². The summed E-state index contributed by atoms with van der Waals surface area (Å²) in [6.45, 7) is 9.55. The Morgan fingerprint density at radius 2 is 1.80 bits per heavy atom. The molecule has 0 saturated carbocycles. The third-order valence-corrected chi connectivity index (χ3v) is 3.88. The highest BCUT2D eigenvalue weighted by atomic mass is 35.5. The van der Waals surface area contributed by atoms with Crippen molar-refractivity contribution in [1.29, 1.82) is 0 Å². The Labute approximate surface area is 132 Å². The molecule has 2 atom stereocenters. The van der Waals surface area contributed by atoms with Crippen molar-refractivity contribution in [3.8, 4) is 0 Å². The highest BCUT2D eigenvalue weighted by Crippen LogP contribution is 2.30. The number of nitrogens with zero attached hydrogens (tertiary/aromatic N) is 1. The van der Waals surface area contributed by atoms with Gasteiger partial charge in [-0.1, -0.05) is 50.4 Å². The van der Waals surface area contributed by atoms with Crippen molar-refractivity contribution in [2.75, 3.05) is 17.2 Å². The monoisotopic (exact) mass is 317 g/mol. The van der Waals surface area contributed by atoms with E-state index in [9.17, 15) is 0 Å². The first-order valence-corrected chi connectivity index (χ1v) is 8.09. The molecule has 0 aliphatic rings. The SMILES string of the molecule is CCCNc1nc(NC(C)CC(C)CC)c(Cl)cc1Cl. The second kappa shape index (κ2) is 8.58. The van der Waals surface area contributed by atoms with Crippen molar-refractivity contribution in [1.82, 2.24) is 4.98 Å². The lowest BCUT2D eigenvalue weighted by Gasteiger charge is -2.19. The average molecular weight is 318 g/mol. The second-order valence-electron chi connectivity index (χ2n) is 5.37. The summed E-state index contributed by atoms with van der Waals surface area (Å²) in [5, 5.41) is 7.71. The molecule has 0 radical (unpaired) electrons. The van der Waals surface area contributed by atoms with Gasteiger partial charge in [0.2, 0.25) is 0 Å². The first kappa shape index (κ1) is 17.4. The van der Waals surface area contributed by atoms with Gasteiger partial charge >= 0.3 is 0 Å². The van der Waals surface area contributed by atoms with Gasteiger partial charge in [-0.05, 0) is 31.7 Å². The van der Waals surface area contributed by atoms with Crippen LogP contribution in [0.2, 0.25) is 10.0 Å². The van der Waals surface area contributed by atoms with Crippen LogP contribution in [0.5, 0.6) is 0 Å². The van der Waals surface area contributed by atoms with Crippen LogP contribution in [0, 0.1) is 5.92 Å². The molecule has 1 aromatic rings. The maximum atomic E-state index is 6.21. The van der Waals surface area contributed by atoms with Gasteiger partial charge in [0, 0.05) is 12.6 Å². The lowest BCUT2D eigenvalue weighted by Crippen LogP contribution is -2.19. The van der Waals surface area contributed by atoms with E-state index in [1.165, 1.54) is 6.42 Å². The summed E-state index contributed by atoms with van der Waals surface area (Å²) in [5.74, 6) is 2.07. The first-order chi connectivity index (χ1) is 9.47. The van der Waals surface area contributed by atoms with Gasteiger partial charge in [0.15, 0.2) is 0 Å². The minimum absolute atomic E-state index is 0.329. The molecular weight excluding hydrogens is 293 g/mol. The smallest absolute Gasteiger partial charge is 0.147 e. The Kier molecular flexibility index (Phi) is 7.46. The molecule has 0 aliphatic carbocycles. The first-order valence-electron chi connectivity index (χ1n) is 7.34.